The zero-order valence-corrected chi connectivity index (χ0v) is 8.18. The largest absolute Gasteiger partial charge is 0.547 e. The Bertz CT molecular complexity index is 110. The summed E-state index contributed by atoms with van der Waals surface area (Å²) in [6, 6.07) is 0. The molecule has 0 heterocycles. The predicted molar refractivity (Wildman–Crippen MR) is 50.5 cm³/mol. The molecule has 11 heavy (non-hydrogen) atoms. The maximum Gasteiger partial charge on any atom is 0.306 e. The Kier molecular flexibility index (Phi) is 9.06. The van der Waals surface area contributed by atoms with E-state index < -0.39 is 0 Å². The van der Waals surface area contributed by atoms with E-state index in [-0.39, 0.29) is 0 Å². The van der Waals surface area contributed by atoms with Crippen molar-refractivity contribution >= 4 is 9.76 Å². The Morgan fingerprint density at radius 3 is 2.73 bits per heavy atom. The van der Waals surface area contributed by atoms with Crippen molar-refractivity contribution in [1.29, 1.82) is 0 Å². The monoisotopic (exact) mass is 168 g/mol. The van der Waals surface area contributed by atoms with Crippen molar-refractivity contribution in [2.24, 2.45) is 0 Å². The zero-order chi connectivity index (χ0) is 8.36. The summed E-state index contributed by atoms with van der Waals surface area (Å²) in [5.41, 5.74) is 0. The Morgan fingerprint density at radius 1 is 1.36 bits per heavy atom. The van der Waals surface area contributed by atoms with Crippen LogP contribution in [0.2, 0.25) is 6.55 Å². The summed E-state index contributed by atoms with van der Waals surface area (Å²) in [4.78, 5) is 0. The molecule has 2 radical (unpaired) electrons. The molecule has 0 atom stereocenters. The first-order chi connectivity index (χ1) is 5.41. The van der Waals surface area contributed by atoms with Gasteiger partial charge in [-0.2, -0.15) is 0 Å². The van der Waals surface area contributed by atoms with Gasteiger partial charge in [0.2, 0.25) is 0 Å². The van der Waals surface area contributed by atoms with E-state index in [4.69, 9.17) is 4.43 Å². The van der Waals surface area contributed by atoms with Gasteiger partial charge in [-0.05, 0) is 32.2 Å². The maximum absolute atomic E-state index is 5.07. The Balaban J connectivity index is 2.94. The van der Waals surface area contributed by atoms with E-state index in [0.29, 0.717) is 9.76 Å². The Morgan fingerprint density at radius 2 is 2.09 bits per heavy atom. The third-order valence-corrected chi connectivity index (χ3v) is 1.68. The molecule has 0 rings (SSSR count). The van der Waals surface area contributed by atoms with Crippen LogP contribution in [-0.2, 0) is 4.43 Å². The molecular formula is C9H16OSi. The molecule has 2 heteroatoms. The zero-order valence-electron chi connectivity index (χ0n) is 7.18. The lowest BCUT2D eigenvalue weighted by Crippen LogP contribution is -1.81. The second kappa shape index (κ2) is 9.50. The minimum absolute atomic E-state index is 0.567. The number of rotatable bonds is 7. The summed E-state index contributed by atoms with van der Waals surface area (Å²) in [6.07, 6.45) is 10.6. The highest BCUT2D eigenvalue weighted by Crippen LogP contribution is 2.00. The molecule has 0 aromatic rings. The summed E-state index contributed by atoms with van der Waals surface area (Å²) in [6.45, 7) is 5.68. The number of hydrogen-bond donors (Lipinski definition) is 0. The van der Waals surface area contributed by atoms with Gasteiger partial charge in [0.15, 0.2) is 0 Å². The van der Waals surface area contributed by atoms with Crippen LogP contribution in [0.1, 0.15) is 25.7 Å². The lowest BCUT2D eigenvalue weighted by Gasteiger charge is -1.93. The lowest BCUT2D eigenvalue weighted by atomic mass is 10.2. The second-order valence-electron chi connectivity index (χ2n) is 2.27. The minimum atomic E-state index is 0.567. The quantitative estimate of drug-likeness (QED) is 0.246. The maximum atomic E-state index is 5.07. The van der Waals surface area contributed by atoms with Crippen molar-refractivity contribution in [3.05, 3.63) is 25.0 Å². The average molecular weight is 168 g/mol. The van der Waals surface area contributed by atoms with Gasteiger partial charge in [0.25, 0.3) is 0 Å². The van der Waals surface area contributed by atoms with Crippen LogP contribution in [0.5, 0.6) is 0 Å². The third kappa shape index (κ3) is 9.50. The van der Waals surface area contributed by atoms with Gasteiger partial charge in [-0.25, -0.2) is 0 Å². The van der Waals surface area contributed by atoms with E-state index in [1.54, 1.807) is 6.26 Å². The van der Waals surface area contributed by atoms with Gasteiger partial charge in [0.1, 0.15) is 0 Å². The fraction of sp³-hybridized carbons (Fsp3) is 0.556. The van der Waals surface area contributed by atoms with Gasteiger partial charge in [0.05, 0.1) is 6.26 Å². The number of unbranched alkanes of at least 4 members (excludes halogenated alkanes) is 3. The second-order valence-corrected chi connectivity index (χ2v) is 2.91. The van der Waals surface area contributed by atoms with Crippen LogP contribution in [0.15, 0.2) is 25.0 Å². The molecule has 0 unspecified atom stereocenters. The molecule has 0 N–H and O–H groups in total. The van der Waals surface area contributed by atoms with Crippen LogP contribution in [0.25, 0.3) is 0 Å². The van der Waals surface area contributed by atoms with Crippen LogP contribution in [0.4, 0.5) is 0 Å². The summed E-state index contributed by atoms with van der Waals surface area (Å²) < 4.78 is 5.07. The smallest absolute Gasteiger partial charge is 0.306 e. The van der Waals surface area contributed by atoms with Crippen molar-refractivity contribution in [2.75, 3.05) is 0 Å². The van der Waals surface area contributed by atoms with Gasteiger partial charge in [-0.15, -0.1) is 6.58 Å². The van der Waals surface area contributed by atoms with E-state index in [1.807, 2.05) is 12.6 Å². The molecule has 0 aliphatic carbocycles. The van der Waals surface area contributed by atoms with E-state index in [9.17, 15) is 0 Å². The molecule has 0 fully saturated rings. The lowest BCUT2D eigenvalue weighted by molar-refractivity contribution is 0.515. The average Bonchev–Trinajstić information content (AvgIpc) is 2.03. The standard InChI is InChI=1S/C9H16OSi/c1-3-4-5-6-7-8-9-10-11-2/h3,8-9H,1,4-7H2,2H3/b9-8+. The fourth-order valence-corrected chi connectivity index (χ4v) is 0.967. The SMILES string of the molecule is C=CCCCC/C=C/O[Si]C. The molecule has 0 saturated heterocycles. The third-order valence-electron chi connectivity index (χ3n) is 1.31. The normalized spacial score (nSPS) is 10.3. The molecular weight excluding hydrogens is 152 g/mol. The molecule has 0 bridgehead atoms. The number of hydrogen-bond acceptors (Lipinski definition) is 1. The Hall–Kier alpha value is -0.503. The first kappa shape index (κ1) is 10.5. The van der Waals surface area contributed by atoms with Gasteiger partial charge < -0.3 is 4.43 Å². The minimum Gasteiger partial charge on any atom is -0.547 e. The van der Waals surface area contributed by atoms with Crippen LogP contribution in [0.3, 0.4) is 0 Å². The molecule has 0 spiro atoms. The summed E-state index contributed by atoms with van der Waals surface area (Å²) >= 11 is 0. The highest BCUT2D eigenvalue weighted by molar-refractivity contribution is 6.25. The van der Waals surface area contributed by atoms with E-state index in [0.717, 1.165) is 12.8 Å². The Labute approximate surface area is 72.1 Å². The van der Waals surface area contributed by atoms with Gasteiger partial charge in [0, 0.05) is 0 Å². The van der Waals surface area contributed by atoms with Crippen molar-refractivity contribution < 1.29 is 4.43 Å². The van der Waals surface area contributed by atoms with Gasteiger partial charge in [-0.3, -0.25) is 0 Å². The summed E-state index contributed by atoms with van der Waals surface area (Å²) in [5.74, 6) is 0. The first-order valence-corrected chi connectivity index (χ1v) is 5.41. The van der Waals surface area contributed by atoms with Gasteiger partial charge >= 0.3 is 9.76 Å². The highest BCUT2D eigenvalue weighted by Gasteiger charge is 1.82. The molecule has 0 saturated carbocycles. The topological polar surface area (TPSA) is 9.23 Å². The number of allylic oxidation sites excluding steroid dienone is 2. The molecule has 0 aromatic carbocycles. The van der Waals surface area contributed by atoms with Crippen LogP contribution < -0.4 is 0 Å². The van der Waals surface area contributed by atoms with Crippen molar-refractivity contribution in [3.8, 4) is 0 Å². The van der Waals surface area contributed by atoms with E-state index >= 15 is 0 Å². The van der Waals surface area contributed by atoms with Crippen LogP contribution in [0, 0.1) is 0 Å². The molecule has 0 aromatic heterocycles. The van der Waals surface area contributed by atoms with Crippen molar-refractivity contribution in [1.82, 2.24) is 0 Å². The van der Waals surface area contributed by atoms with Crippen molar-refractivity contribution in [3.63, 3.8) is 0 Å². The summed E-state index contributed by atoms with van der Waals surface area (Å²) in [7, 11) is 0.567. The van der Waals surface area contributed by atoms with Gasteiger partial charge in [-0.1, -0.05) is 12.2 Å². The van der Waals surface area contributed by atoms with E-state index in [2.05, 4.69) is 12.7 Å². The summed E-state index contributed by atoms with van der Waals surface area (Å²) in [5, 5.41) is 0. The van der Waals surface area contributed by atoms with Crippen molar-refractivity contribution in [2.45, 2.75) is 32.2 Å². The molecule has 0 aliphatic heterocycles. The highest BCUT2D eigenvalue weighted by atomic mass is 28.2. The van der Waals surface area contributed by atoms with Crippen LogP contribution in [-0.4, -0.2) is 9.76 Å². The van der Waals surface area contributed by atoms with E-state index in [1.165, 1.54) is 12.8 Å². The molecule has 62 valence electrons. The first-order valence-electron chi connectivity index (χ1n) is 4.00. The van der Waals surface area contributed by atoms with Crippen LogP contribution >= 0.6 is 0 Å². The predicted octanol–water partition coefficient (Wildman–Crippen LogP) is 2.93. The molecule has 0 amide bonds. The fourth-order valence-electron chi connectivity index (χ4n) is 0.735. The molecule has 1 nitrogen and oxygen atoms in total. The molecule has 0 aliphatic rings.